The Morgan fingerprint density at radius 3 is 2.76 bits per heavy atom. The second-order valence-electron chi connectivity index (χ2n) is 5.46. The summed E-state index contributed by atoms with van der Waals surface area (Å²) in [6, 6.07) is 11.2. The number of aliphatic hydroxyl groups is 1. The molecule has 0 saturated carbocycles. The molecule has 0 aliphatic rings. The Morgan fingerprint density at radius 1 is 1.16 bits per heavy atom. The fraction of sp³-hybridized carbons (Fsp3) is 0.158. The smallest absolute Gasteiger partial charge is 0.255 e. The summed E-state index contributed by atoms with van der Waals surface area (Å²) in [7, 11) is 0. The van der Waals surface area contributed by atoms with Gasteiger partial charge in [0.05, 0.1) is 5.39 Å². The molecule has 0 spiro atoms. The van der Waals surface area contributed by atoms with Crippen molar-refractivity contribution in [2.45, 2.75) is 6.42 Å². The predicted molar refractivity (Wildman–Crippen MR) is 91.9 cm³/mol. The monoisotopic (exact) mass is 338 g/mol. The van der Waals surface area contributed by atoms with Crippen LogP contribution in [0.1, 0.15) is 5.56 Å². The fourth-order valence-electron chi connectivity index (χ4n) is 2.82. The number of nitrogens with one attached hydrogen (secondary N) is 1. The van der Waals surface area contributed by atoms with Crippen LogP contribution in [-0.2, 0) is 6.42 Å². The van der Waals surface area contributed by atoms with E-state index in [1.807, 2.05) is 6.07 Å². The first-order valence-electron chi connectivity index (χ1n) is 7.69. The van der Waals surface area contributed by atoms with Gasteiger partial charge in [-0.25, -0.2) is 4.39 Å². The summed E-state index contributed by atoms with van der Waals surface area (Å²) in [5.74, 6) is 0.0412. The third-order valence-electron chi connectivity index (χ3n) is 3.92. The number of aliphatic hydroxyl groups excluding tert-OH is 1. The molecule has 126 valence electrons. The van der Waals surface area contributed by atoms with E-state index in [0.29, 0.717) is 28.5 Å². The van der Waals surface area contributed by atoms with Gasteiger partial charge in [0.25, 0.3) is 5.56 Å². The summed E-state index contributed by atoms with van der Waals surface area (Å²) in [6.45, 7) is -0.217. The van der Waals surface area contributed by atoms with Crippen LogP contribution >= 0.6 is 0 Å². The number of nitrogens with zero attached hydrogens (tertiary/aromatic N) is 1. The zero-order chi connectivity index (χ0) is 17.8. The number of ether oxygens (including phenoxy) is 1. The highest BCUT2D eigenvalue weighted by Crippen LogP contribution is 2.31. The maximum atomic E-state index is 13.6. The van der Waals surface area contributed by atoms with E-state index < -0.39 is 0 Å². The Kier molecular flexibility index (Phi) is 4.78. The maximum Gasteiger partial charge on any atom is 0.255 e. The van der Waals surface area contributed by atoms with Crippen LogP contribution in [0, 0.1) is 17.1 Å². The standard InChI is InChI=1S/C19H15FN2O3/c20-13-1-3-15(12(9-13)5-7-23)18-11-22-19(24)17-10-14(25-8-6-21)2-4-16(17)18/h1-4,9-11,23H,5,7-8H2,(H,22,24). The average Bonchev–Trinajstić information content (AvgIpc) is 2.61. The summed E-state index contributed by atoms with van der Waals surface area (Å²) in [4.78, 5) is 14.9. The van der Waals surface area contributed by atoms with Gasteiger partial charge in [-0.2, -0.15) is 5.26 Å². The Morgan fingerprint density at radius 2 is 2.00 bits per heavy atom. The number of rotatable bonds is 5. The highest BCUT2D eigenvalue weighted by atomic mass is 19.1. The summed E-state index contributed by atoms with van der Waals surface area (Å²) in [5.41, 5.74) is 1.83. The van der Waals surface area contributed by atoms with E-state index in [2.05, 4.69) is 4.98 Å². The van der Waals surface area contributed by atoms with E-state index in [-0.39, 0.29) is 24.6 Å². The molecule has 1 heterocycles. The van der Waals surface area contributed by atoms with E-state index in [9.17, 15) is 14.3 Å². The van der Waals surface area contributed by atoms with E-state index in [0.717, 1.165) is 11.1 Å². The van der Waals surface area contributed by atoms with E-state index in [1.165, 1.54) is 12.1 Å². The van der Waals surface area contributed by atoms with Crippen molar-refractivity contribution in [3.63, 3.8) is 0 Å². The largest absolute Gasteiger partial charge is 0.479 e. The quantitative estimate of drug-likeness (QED) is 0.749. The average molecular weight is 338 g/mol. The van der Waals surface area contributed by atoms with Crippen LogP contribution in [-0.4, -0.2) is 23.3 Å². The van der Waals surface area contributed by atoms with Gasteiger partial charge < -0.3 is 14.8 Å². The number of fused-ring (bicyclic) bond motifs is 1. The molecule has 2 aromatic carbocycles. The minimum atomic E-state index is -0.381. The molecule has 2 N–H and O–H groups in total. The molecule has 0 saturated heterocycles. The zero-order valence-corrected chi connectivity index (χ0v) is 13.3. The minimum Gasteiger partial charge on any atom is -0.479 e. The van der Waals surface area contributed by atoms with Crippen molar-refractivity contribution >= 4 is 10.8 Å². The molecule has 6 heteroatoms. The number of halogens is 1. The van der Waals surface area contributed by atoms with Crippen molar-refractivity contribution < 1.29 is 14.2 Å². The number of aromatic nitrogens is 1. The van der Waals surface area contributed by atoms with Gasteiger partial charge in [0, 0.05) is 18.4 Å². The highest BCUT2D eigenvalue weighted by molar-refractivity contribution is 5.97. The number of H-pyrrole nitrogens is 1. The number of nitriles is 1. The van der Waals surface area contributed by atoms with Gasteiger partial charge in [-0.1, -0.05) is 6.07 Å². The Labute approximate surface area is 142 Å². The number of hydrogen-bond acceptors (Lipinski definition) is 4. The van der Waals surface area contributed by atoms with Crippen LogP contribution in [0.15, 0.2) is 47.4 Å². The molecule has 0 aliphatic carbocycles. The Balaban J connectivity index is 2.20. The Bertz CT molecular complexity index is 1020. The zero-order valence-electron chi connectivity index (χ0n) is 13.3. The van der Waals surface area contributed by atoms with Gasteiger partial charge in [0.1, 0.15) is 17.6 Å². The summed E-state index contributed by atoms with van der Waals surface area (Å²) in [5, 5.41) is 18.9. The molecule has 0 aliphatic heterocycles. The second-order valence-corrected chi connectivity index (χ2v) is 5.46. The summed E-state index contributed by atoms with van der Waals surface area (Å²) < 4.78 is 18.8. The van der Waals surface area contributed by atoms with Crippen LogP contribution in [0.2, 0.25) is 0 Å². The topological polar surface area (TPSA) is 86.1 Å². The number of hydrogen-bond donors (Lipinski definition) is 2. The molecule has 1 aromatic heterocycles. The molecule has 0 unspecified atom stereocenters. The fourth-order valence-corrected chi connectivity index (χ4v) is 2.82. The first-order chi connectivity index (χ1) is 12.1. The number of pyridine rings is 1. The molecule has 0 radical (unpaired) electrons. The summed E-state index contributed by atoms with van der Waals surface area (Å²) >= 11 is 0. The van der Waals surface area contributed by atoms with Crippen LogP contribution in [0.5, 0.6) is 5.75 Å². The molecule has 0 bridgehead atoms. The summed E-state index contributed by atoms with van der Waals surface area (Å²) in [6.07, 6.45) is 1.88. The molecule has 3 rings (SSSR count). The molecule has 3 aromatic rings. The predicted octanol–water partition coefficient (Wildman–Crippen LogP) is 2.77. The van der Waals surface area contributed by atoms with Gasteiger partial charge in [-0.3, -0.25) is 4.79 Å². The molecule has 25 heavy (non-hydrogen) atoms. The molecule has 0 fully saturated rings. The third-order valence-corrected chi connectivity index (χ3v) is 3.92. The molecular weight excluding hydrogens is 323 g/mol. The molecule has 0 amide bonds. The minimum absolute atomic E-state index is 0.107. The van der Waals surface area contributed by atoms with Crippen molar-refractivity contribution in [1.82, 2.24) is 4.98 Å². The lowest BCUT2D eigenvalue weighted by Gasteiger charge is -2.12. The van der Waals surface area contributed by atoms with Crippen LogP contribution in [0.3, 0.4) is 0 Å². The first kappa shape index (κ1) is 16.7. The lowest BCUT2D eigenvalue weighted by atomic mass is 9.95. The van der Waals surface area contributed by atoms with E-state index >= 15 is 0 Å². The maximum absolute atomic E-state index is 13.6. The second kappa shape index (κ2) is 7.16. The van der Waals surface area contributed by atoms with Crippen LogP contribution < -0.4 is 10.3 Å². The van der Waals surface area contributed by atoms with Gasteiger partial charge in [0.15, 0.2) is 6.61 Å². The van der Waals surface area contributed by atoms with Gasteiger partial charge >= 0.3 is 0 Å². The normalized spacial score (nSPS) is 10.6. The van der Waals surface area contributed by atoms with Crippen molar-refractivity contribution in [2.24, 2.45) is 0 Å². The van der Waals surface area contributed by atoms with Crippen LogP contribution in [0.4, 0.5) is 4.39 Å². The van der Waals surface area contributed by atoms with Crippen molar-refractivity contribution in [1.29, 1.82) is 5.26 Å². The highest BCUT2D eigenvalue weighted by Gasteiger charge is 2.12. The Hall–Kier alpha value is -3.17. The van der Waals surface area contributed by atoms with Crippen molar-refractivity contribution in [2.75, 3.05) is 13.2 Å². The lowest BCUT2D eigenvalue weighted by Crippen LogP contribution is -2.07. The van der Waals surface area contributed by atoms with Gasteiger partial charge in [-0.05, 0) is 53.3 Å². The van der Waals surface area contributed by atoms with E-state index in [4.69, 9.17) is 10.00 Å². The number of benzene rings is 2. The van der Waals surface area contributed by atoms with Crippen molar-refractivity contribution in [3.8, 4) is 22.9 Å². The molecule has 5 nitrogen and oxygen atoms in total. The van der Waals surface area contributed by atoms with E-state index in [1.54, 1.807) is 30.5 Å². The van der Waals surface area contributed by atoms with Gasteiger partial charge in [0.2, 0.25) is 0 Å². The van der Waals surface area contributed by atoms with Crippen molar-refractivity contribution in [3.05, 3.63) is 64.3 Å². The molecule has 0 atom stereocenters. The molecular formula is C19H15FN2O3. The lowest BCUT2D eigenvalue weighted by molar-refractivity contribution is 0.299. The first-order valence-corrected chi connectivity index (χ1v) is 7.69. The SMILES string of the molecule is N#CCOc1ccc2c(-c3ccc(F)cc3CCO)c[nH]c(=O)c2c1. The number of aromatic amines is 1. The van der Waals surface area contributed by atoms with Crippen LogP contribution in [0.25, 0.3) is 21.9 Å². The van der Waals surface area contributed by atoms with Gasteiger partial charge in [-0.15, -0.1) is 0 Å². The third kappa shape index (κ3) is 3.37.